The smallest absolute Gasteiger partial charge is 0.259 e. The second kappa shape index (κ2) is 9.06. The number of tetrazole rings is 1. The van der Waals surface area contributed by atoms with Crippen LogP contribution in [0.3, 0.4) is 0 Å². The maximum absolute atomic E-state index is 14.8. The van der Waals surface area contributed by atoms with Crippen LogP contribution in [0.2, 0.25) is 0 Å². The molecule has 5 rings (SSSR count). The number of amides is 1. The van der Waals surface area contributed by atoms with Crippen molar-refractivity contribution in [1.82, 2.24) is 29.5 Å². The summed E-state index contributed by atoms with van der Waals surface area (Å²) in [5, 5.41) is 23.1. The Morgan fingerprint density at radius 1 is 1.29 bits per heavy atom. The lowest BCUT2D eigenvalue weighted by Gasteiger charge is -2.28. The minimum Gasteiger partial charge on any atom is -0.394 e. The molecule has 1 aromatic carbocycles. The molecule has 1 aliphatic heterocycles. The molecular formula is C22H24FN7O4S. The average molecular weight is 502 g/mol. The maximum atomic E-state index is 14.8. The van der Waals surface area contributed by atoms with Gasteiger partial charge in [-0.2, -0.15) is 4.31 Å². The normalized spacial score (nSPS) is 17.1. The van der Waals surface area contributed by atoms with E-state index in [1.54, 1.807) is 25.1 Å². The lowest BCUT2D eigenvalue weighted by Crippen LogP contribution is -2.38. The van der Waals surface area contributed by atoms with Crippen LogP contribution in [-0.2, 0) is 23.0 Å². The van der Waals surface area contributed by atoms with Crippen molar-refractivity contribution in [3.05, 3.63) is 52.8 Å². The number of fused-ring (bicyclic) bond motifs is 1. The van der Waals surface area contributed by atoms with Crippen molar-refractivity contribution in [2.75, 3.05) is 18.5 Å². The Labute approximate surface area is 201 Å². The number of carbonyl (C=O) groups excluding carboxylic acids is 1. The highest BCUT2D eigenvalue weighted by atomic mass is 32.2. The minimum atomic E-state index is -3.37. The van der Waals surface area contributed by atoms with Gasteiger partial charge in [0.25, 0.3) is 5.91 Å². The molecule has 2 aliphatic rings. The largest absolute Gasteiger partial charge is 0.394 e. The lowest BCUT2D eigenvalue weighted by molar-refractivity contribution is 0.102. The maximum Gasteiger partial charge on any atom is 0.259 e. The number of nitrogens with zero attached hydrogens (tertiary/aromatic N) is 6. The third-order valence-corrected chi connectivity index (χ3v) is 8.56. The Kier molecular flexibility index (Phi) is 6.07. The Bertz CT molecular complexity index is 1390. The van der Waals surface area contributed by atoms with E-state index in [0.29, 0.717) is 48.5 Å². The number of carbonyl (C=O) groups is 1. The van der Waals surface area contributed by atoms with Crippen LogP contribution in [-0.4, -0.2) is 67.3 Å². The van der Waals surface area contributed by atoms with Crippen LogP contribution in [0.15, 0.2) is 30.3 Å². The van der Waals surface area contributed by atoms with Crippen molar-refractivity contribution < 1.29 is 22.7 Å². The van der Waals surface area contributed by atoms with Gasteiger partial charge in [0, 0.05) is 13.1 Å². The van der Waals surface area contributed by atoms with Gasteiger partial charge in [-0.05, 0) is 72.0 Å². The van der Waals surface area contributed by atoms with Crippen molar-refractivity contribution in [2.45, 2.75) is 44.0 Å². The highest BCUT2D eigenvalue weighted by molar-refractivity contribution is 7.90. The van der Waals surface area contributed by atoms with Crippen LogP contribution in [0, 0.1) is 5.82 Å². The first kappa shape index (κ1) is 23.5. The molecule has 184 valence electrons. The number of aromatic nitrogens is 5. The minimum absolute atomic E-state index is 0.119. The number of aliphatic hydroxyl groups excluding tert-OH is 1. The first-order valence-electron chi connectivity index (χ1n) is 11.3. The fourth-order valence-electron chi connectivity index (χ4n) is 4.07. The van der Waals surface area contributed by atoms with Gasteiger partial charge < -0.3 is 10.4 Å². The lowest BCUT2D eigenvalue weighted by atomic mass is 9.97. The van der Waals surface area contributed by atoms with Crippen molar-refractivity contribution in [3.63, 3.8) is 0 Å². The summed E-state index contributed by atoms with van der Waals surface area (Å²) in [6.45, 7) is 1.99. The first-order valence-corrected chi connectivity index (χ1v) is 12.8. The highest BCUT2D eigenvalue weighted by Crippen LogP contribution is 2.34. The molecule has 0 bridgehead atoms. The van der Waals surface area contributed by atoms with Crippen molar-refractivity contribution in [3.8, 4) is 11.5 Å². The quantitative estimate of drug-likeness (QED) is 0.496. The van der Waals surface area contributed by atoms with E-state index < -0.39 is 21.7 Å². The summed E-state index contributed by atoms with van der Waals surface area (Å²) >= 11 is 0. The van der Waals surface area contributed by atoms with Gasteiger partial charge in [0.15, 0.2) is 0 Å². The first-order chi connectivity index (χ1) is 16.8. The van der Waals surface area contributed by atoms with E-state index in [1.165, 1.54) is 21.1 Å². The highest BCUT2D eigenvalue weighted by Gasteiger charge is 2.41. The molecule has 3 heterocycles. The Morgan fingerprint density at radius 3 is 2.83 bits per heavy atom. The molecule has 11 nitrogen and oxygen atoms in total. The van der Waals surface area contributed by atoms with Gasteiger partial charge in [0.05, 0.1) is 23.5 Å². The van der Waals surface area contributed by atoms with Gasteiger partial charge in [-0.15, -0.1) is 5.10 Å². The fraction of sp³-hybridized carbons (Fsp3) is 0.409. The molecule has 0 spiro atoms. The van der Waals surface area contributed by atoms with Gasteiger partial charge in [0.1, 0.15) is 17.3 Å². The SMILES string of the molecule is C[C@H](CO)n1nnnc1-c1cccc(NC(=O)c2cc3c(cc2F)CCN(S(=O)(=O)C2CC2)C3)n1. The average Bonchev–Trinajstić information content (AvgIpc) is 3.60. The molecule has 1 amide bonds. The second-order valence-corrected chi connectivity index (χ2v) is 11.0. The summed E-state index contributed by atoms with van der Waals surface area (Å²) in [5.41, 5.74) is 1.48. The number of rotatable bonds is 7. The topological polar surface area (TPSA) is 143 Å². The number of pyridine rings is 1. The van der Waals surface area contributed by atoms with E-state index in [4.69, 9.17) is 0 Å². The monoisotopic (exact) mass is 501 g/mol. The number of sulfonamides is 1. The van der Waals surface area contributed by atoms with E-state index in [2.05, 4.69) is 25.8 Å². The van der Waals surface area contributed by atoms with E-state index >= 15 is 0 Å². The van der Waals surface area contributed by atoms with Crippen LogP contribution < -0.4 is 5.32 Å². The Morgan fingerprint density at radius 2 is 2.09 bits per heavy atom. The summed E-state index contributed by atoms with van der Waals surface area (Å²) in [4.78, 5) is 17.3. The molecule has 1 atom stereocenters. The van der Waals surface area contributed by atoms with Crippen molar-refractivity contribution in [2.24, 2.45) is 0 Å². The number of halogens is 1. The number of hydrogen-bond donors (Lipinski definition) is 2. The Balaban J connectivity index is 1.38. The number of aliphatic hydroxyl groups is 1. The standard InChI is InChI=1S/C22H24FN7O4S/c1-13(12-31)30-21(26-27-28-30)19-3-2-4-20(24-19)25-22(32)17-9-15-11-29(35(33,34)16-5-6-16)8-7-14(15)10-18(17)23/h2-4,9-10,13,16,31H,5-8,11-12H2,1H3,(H,24,25,32)/t13-/m1/s1. The molecule has 3 aromatic rings. The molecule has 2 N–H and O–H groups in total. The van der Waals surface area contributed by atoms with Gasteiger partial charge >= 0.3 is 0 Å². The molecule has 0 saturated heterocycles. The van der Waals surface area contributed by atoms with Crippen molar-refractivity contribution in [1.29, 1.82) is 0 Å². The zero-order valence-electron chi connectivity index (χ0n) is 18.9. The molecule has 0 unspecified atom stereocenters. The summed E-state index contributed by atoms with van der Waals surface area (Å²) in [6.07, 6.45) is 1.73. The number of anilines is 1. The number of benzene rings is 1. The third kappa shape index (κ3) is 4.54. The molecule has 0 radical (unpaired) electrons. The van der Waals surface area contributed by atoms with E-state index in [0.717, 1.165) is 0 Å². The Hall–Kier alpha value is -3.29. The zero-order valence-corrected chi connectivity index (χ0v) is 19.7. The van der Waals surface area contributed by atoms with Crippen LogP contribution in [0.5, 0.6) is 0 Å². The van der Waals surface area contributed by atoms with Crippen LogP contribution in [0.25, 0.3) is 11.5 Å². The van der Waals surface area contributed by atoms with Crippen LogP contribution >= 0.6 is 0 Å². The van der Waals surface area contributed by atoms with Gasteiger partial charge in [0.2, 0.25) is 15.8 Å². The fourth-order valence-corrected chi connectivity index (χ4v) is 5.89. The number of hydrogen-bond acceptors (Lipinski definition) is 8. The molecule has 1 aliphatic carbocycles. The molecule has 13 heteroatoms. The third-order valence-electron chi connectivity index (χ3n) is 6.21. The van der Waals surface area contributed by atoms with Gasteiger partial charge in [-0.25, -0.2) is 22.5 Å². The molecular weight excluding hydrogens is 477 g/mol. The van der Waals surface area contributed by atoms with Crippen LogP contribution in [0.4, 0.5) is 10.2 Å². The molecule has 35 heavy (non-hydrogen) atoms. The summed E-state index contributed by atoms with van der Waals surface area (Å²) < 4.78 is 42.9. The van der Waals surface area contributed by atoms with Crippen LogP contribution in [0.1, 0.15) is 47.3 Å². The second-order valence-electron chi connectivity index (χ2n) is 8.77. The summed E-state index contributed by atoms with van der Waals surface area (Å²) in [5.74, 6) is -0.926. The van der Waals surface area contributed by atoms with E-state index in [1.807, 2.05) is 0 Å². The predicted molar refractivity (Wildman–Crippen MR) is 123 cm³/mol. The molecule has 2 aromatic heterocycles. The zero-order chi connectivity index (χ0) is 24.7. The van der Waals surface area contributed by atoms with E-state index in [-0.39, 0.29) is 35.8 Å². The summed E-state index contributed by atoms with van der Waals surface area (Å²) in [7, 11) is -3.37. The van der Waals surface area contributed by atoms with E-state index in [9.17, 15) is 22.7 Å². The summed E-state index contributed by atoms with van der Waals surface area (Å²) in [6, 6.07) is 7.18. The van der Waals surface area contributed by atoms with Gasteiger partial charge in [-0.1, -0.05) is 6.07 Å². The van der Waals surface area contributed by atoms with Gasteiger partial charge in [-0.3, -0.25) is 4.79 Å². The molecule has 1 saturated carbocycles. The number of nitrogens with one attached hydrogen (secondary N) is 1. The predicted octanol–water partition coefficient (Wildman–Crippen LogP) is 1.53. The van der Waals surface area contributed by atoms with Crippen molar-refractivity contribution >= 4 is 21.7 Å². The molecule has 1 fully saturated rings.